The Labute approximate surface area is 125 Å². The van der Waals surface area contributed by atoms with Crippen molar-refractivity contribution in [3.05, 3.63) is 62.3 Å². The number of benzene rings is 1. The smallest absolute Gasteiger partial charge is 0.330 e. The Kier molecular flexibility index (Phi) is 4.26. The van der Waals surface area contributed by atoms with Crippen LogP contribution in [0.25, 0.3) is 6.08 Å². The highest BCUT2D eigenvalue weighted by molar-refractivity contribution is 6.07. The quantitative estimate of drug-likeness (QED) is 0.639. The third kappa shape index (κ3) is 2.98. The molecule has 0 saturated heterocycles. The second-order valence-corrected chi connectivity index (χ2v) is 4.49. The molecule has 0 aliphatic rings. The minimum absolute atomic E-state index is 0.480. The van der Waals surface area contributed by atoms with Gasteiger partial charge in [-0.1, -0.05) is 18.2 Å². The van der Waals surface area contributed by atoms with E-state index < -0.39 is 28.5 Å². The molecule has 0 amide bonds. The first-order chi connectivity index (χ1) is 10.4. The average molecular weight is 302 g/mol. The van der Waals surface area contributed by atoms with Gasteiger partial charge in [0.1, 0.15) is 11.3 Å². The van der Waals surface area contributed by atoms with E-state index in [-0.39, 0.29) is 0 Å². The molecule has 0 unspecified atom stereocenters. The lowest BCUT2D eigenvalue weighted by molar-refractivity contribution is 0.104. The van der Waals surface area contributed by atoms with Gasteiger partial charge in [-0.3, -0.25) is 19.1 Å². The lowest BCUT2D eigenvalue weighted by Crippen LogP contribution is -2.32. The number of carbonyl (C=O) groups is 1. The highest BCUT2D eigenvalue weighted by Crippen LogP contribution is 2.14. The molecule has 2 aromatic rings. The fourth-order valence-corrected chi connectivity index (χ4v) is 1.80. The molecule has 1 aromatic carbocycles. The first-order valence-corrected chi connectivity index (χ1v) is 6.32. The molecule has 0 fully saturated rings. The number of ketones is 1. The molecule has 7 nitrogen and oxygen atoms in total. The monoisotopic (exact) mass is 302 g/mol. The van der Waals surface area contributed by atoms with E-state index >= 15 is 0 Å². The van der Waals surface area contributed by atoms with Gasteiger partial charge in [-0.05, 0) is 23.8 Å². The minimum Gasteiger partial charge on any atom is -0.497 e. The summed E-state index contributed by atoms with van der Waals surface area (Å²) in [5, 5.41) is 9.77. The van der Waals surface area contributed by atoms with Crippen LogP contribution in [0.5, 0.6) is 11.6 Å². The Hall–Kier alpha value is -3.09. The molecule has 1 aromatic heterocycles. The Morgan fingerprint density at radius 2 is 1.91 bits per heavy atom. The van der Waals surface area contributed by atoms with Crippen LogP contribution in [0, 0.1) is 0 Å². The summed E-state index contributed by atoms with van der Waals surface area (Å²) in [6, 6.07) is 6.90. The number of carbonyl (C=O) groups excluding carboxylic acids is 1. The Morgan fingerprint density at radius 3 is 2.50 bits per heavy atom. The van der Waals surface area contributed by atoms with Crippen LogP contribution in [0.1, 0.15) is 15.9 Å². The van der Waals surface area contributed by atoms with Gasteiger partial charge in [0.25, 0.3) is 5.56 Å². The molecule has 2 N–H and O–H groups in total. The highest BCUT2D eigenvalue weighted by atomic mass is 16.5. The molecule has 7 heteroatoms. The van der Waals surface area contributed by atoms with Gasteiger partial charge in [-0.2, -0.15) is 0 Å². The highest BCUT2D eigenvalue weighted by Gasteiger charge is 2.17. The molecule has 0 aliphatic carbocycles. The Bertz CT molecular complexity index is 844. The van der Waals surface area contributed by atoms with Crippen molar-refractivity contribution in [1.29, 1.82) is 0 Å². The van der Waals surface area contributed by atoms with E-state index in [0.717, 1.165) is 16.2 Å². The van der Waals surface area contributed by atoms with Crippen LogP contribution in [0.2, 0.25) is 0 Å². The van der Waals surface area contributed by atoms with E-state index in [1.54, 1.807) is 31.4 Å². The summed E-state index contributed by atoms with van der Waals surface area (Å²) in [5.41, 5.74) is -1.48. The predicted molar refractivity (Wildman–Crippen MR) is 80.3 cm³/mol. The molecular formula is C15H14N2O5. The molecule has 2 rings (SSSR count). The molecule has 1 heterocycles. The standard InChI is InChI=1S/C15H14N2O5/c1-17-14(20)12(13(19)16-15(17)21)11(18)8-5-9-3-6-10(22-2)7-4-9/h3-8,20H,1-2H3,(H,16,19,21). The summed E-state index contributed by atoms with van der Waals surface area (Å²) in [5.74, 6) is -0.695. The average Bonchev–Trinajstić information content (AvgIpc) is 2.51. The van der Waals surface area contributed by atoms with Crippen molar-refractivity contribution in [1.82, 2.24) is 9.55 Å². The first-order valence-electron chi connectivity index (χ1n) is 6.32. The van der Waals surface area contributed by atoms with Crippen molar-refractivity contribution in [3.8, 4) is 11.6 Å². The zero-order valence-electron chi connectivity index (χ0n) is 12.0. The maximum Gasteiger partial charge on any atom is 0.330 e. The molecule has 0 aliphatic heterocycles. The first kappa shape index (κ1) is 15.3. The fourth-order valence-electron chi connectivity index (χ4n) is 1.80. The maximum atomic E-state index is 12.0. The van der Waals surface area contributed by atoms with Crippen molar-refractivity contribution in [2.45, 2.75) is 0 Å². The number of aromatic amines is 1. The summed E-state index contributed by atoms with van der Waals surface area (Å²) < 4.78 is 5.81. The van der Waals surface area contributed by atoms with Crippen molar-refractivity contribution in [2.75, 3.05) is 7.11 Å². The summed E-state index contributed by atoms with van der Waals surface area (Å²) in [6.07, 6.45) is 2.64. The molecule has 0 atom stereocenters. The van der Waals surface area contributed by atoms with Crippen molar-refractivity contribution >= 4 is 11.9 Å². The van der Waals surface area contributed by atoms with Crippen LogP contribution in [0.3, 0.4) is 0 Å². The van der Waals surface area contributed by atoms with Crippen molar-refractivity contribution in [2.24, 2.45) is 7.05 Å². The second-order valence-electron chi connectivity index (χ2n) is 4.49. The van der Waals surface area contributed by atoms with E-state index in [4.69, 9.17) is 4.74 Å². The van der Waals surface area contributed by atoms with Crippen LogP contribution in [-0.2, 0) is 7.05 Å². The predicted octanol–water partition coefficient (Wildman–Crippen LogP) is 0.684. The number of hydrogen-bond acceptors (Lipinski definition) is 5. The zero-order valence-corrected chi connectivity index (χ0v) is 12.0. The SMILES string of the molecule is COc1ccc(C=CC(=O)c2c(O)n(C)c(=O)[nH]c2=O)cc1. The maximum absolute atomic E-state index is 12.0. The topological polar surface area (TPSA) is 101 Å². The molecule has 0 spiro atoms. The largest absolute Gasteiger partial charge is 0.497 e. The molecular weight excluding hydrogens is 288 g/mol. The van der Waals surface area contributed by atoms with Gasteiger partial charge in [0.2, 0.25) is 5.88 Å². The number of H-pyrrole nitrogens is 1. The number of nitrogens with zero attached hydrogens (tertiary/aromatic N) is 1. The van der Waals surface area contributed by atoms with Crippen LogP contribution in [-0.4, -0.2) is 27.6 Å². The van der Waals surface area contributed by atoms with E-state index in [1.165, 1.54) is 13.1 Å². The van der Waals surface area contributed by atoms with Crippen molar-refractivity contribution in [3.63, 3.8) is 0 Å². The summed E-state index contributed by atoms with van der Waals surface area (Å²) in [6.45, 7) is 0. The van der Waals surface area contributed by atoms with Crippen molar-refractivity contribution < 1.29 is 14.6 Å². The number of ether oxygens (including phenoxy) is 1. The van der Waals surface area contributed by atoms with Crippen LogP contribution in [0.15, 0.2) is 39.9 Å². The number of aromatic nitrogens is 2. The molecule has 22 heavy (non-hydrogen) atoms. The number of nitrogens with one attached hydrogen (secondary N) is 1. The van der Waals surface area contributed by atoms with Gasteiger partial charge in [0.15, 0.2) is 5.78 Å². The summed E-state index contributed by atoms with van der Waals surface area (Å²) in [7, 11) is 2.79. The summed E-state index contributed by atoms with van der Waals surface area (Å²) in [4.78, 5) is 36.9. The number of aromatic hydroxyl groups is 1. The number of allylic oxidation sites excluding steroid dienone is 1. The third-order valence-corrected chi connectivity index (χ3v) is 3.08. The zero-order chi connectivity index (χ0) is 16.3. The second kappa shape index (κ2) is 6.13. The van der Waals surface area contributed by atoms with Crippen LogP contribution < -0.4 is 16.0 Å². The van der Waals surface area contributed by atoms with Gasteiger partial charge in [0.05, 0.1) is 7.11 Å². The summed E-state index contributed by atoms with van der Waals surface area (Å²) >= 11 is 0. The van der Waals surface area contributed by atoms with Gasteiger partial charge in [0, 0.05) is 7.05 Å². The van der Waals surface area contributed by atoms with Gasteiger partial charge >= 0.3 is 5.69 Å². The number of rotatable bonds is 4. The Morgan fingerprint density at radius 1 is 1.27 bits per heavy atom. The van der Waals surface area contributed by atoms with E-state index in [2.05, 4.69) is 0 Å². The number of hydrogen-bond donors (Lipinski definition) is 2. The van der Waals surface area contributed by atoms with Gasteiger partial charge in [-0.15, -0.1) is 0 Å². The molecule has 0 radical (unpaired) electrons. The number of methoxy groups -OCH3 is 1. The van der Waals surface area contributed by atoms with Crippen LogP contribution in [0.4, 0.5) is 0 Å². The van der Waals surface area contributed by atoms with E-state index in [9.17, 15) is 19.5 Å². The van der Waals surface area contributed by atoms with Gasteiger partial charge < -0.3 is 9.84 Å². The van der Waals surface area contributed by atoms with E-state index in [0.29, 0.717) is 5.75 Å². The third-order valence-electron chi connectivity index (χ3n) is 3.08. The van der Waals surface area contributed by atoms with E-state index in [1.807, 2.05) is 4.98 Å². The lowest BCUT2D eigenvalue weighted by Gasteiger charge is -2.04. The minimum atomic E-state index is -0.926. The fraction of sp³-hybridized carbons (Fsp3) is 0.133. The van der Waals surface area contributed by atoms with Crippen LogP contribution >= 0.6 is 0 Å². The lowest BCUT2D eigenvalue weighted by atomic mass is 10.1. The Balaban J connectivity index is 2.33. The normalized spacial score (nSPS) is 10.8. The van der Waals surface area contributed by atoms with Gasteiger partial charge in [-0.25, -0.2) is 4.79 Å². The molecule has 0 saturated carbocycles. The molecule has 114 valence electrons. The molecule has 0 bridgehead atoms.